The molecule has 11 nitrogen and oxygen atoms in total. The van der Waals surface area contributed by atoms with Crippen molar-refractivity contribution in [1.82, 2.24) is 4.90 Å². The first-order chi connectivity index (χ1) is 18.6. The summed E-state index contributed by atoms with van der Waals surface area (Å²) in [7, 11) is 0. The van der Waals surface area contributed by atoms with E-state index >= 15 is 0 Å². The number of hydrogen-bond donors (Lipinski definition) is 1. The molecule has 0 saturated carbocycles. The lowest BCUT2D eigenvalue weighted by molar-refractivity contribution is -0.180. The van der Waals surface area contributed by atoms with Crippen LogP contribution in [0.15, 0.2) is 11.8 Å². The molecule has 0 radical (unpaired) electrons. The van der Waals surface area contributed by atoms with E-state index in [2.05, 4.69) is 13.8 Å². The maximum Gasteiger partial charge on any atom is 0.288 e. The molecule has 0 spiro atoms. The summed E-state index contributed by atoms with van der Waals surface area (Å²) in [5, 5.41) is 8.80. The van der Waals surface area contributed by atoms with Gasteiger partial charge in [0.2, 0.25) is 6.29 Å². The first-order valence-electron chi connectivity index (χ1n) is 13.9. The van der Waals surface area contributed by atoms with Crippen molar-refractivity contribution < 1.29 is 47.8 Å². The Morgan fingerprint density at radius 2 is 1.47 bits per heavy atom. The van der Waals surface area contributed by atoms with E-state index in [0.717, 1.165) is 6.42 Å². The molecule has 0 unspecified atom stereocenters. The SMILES string of the molecule is CCO[C@H]1OC(C(=O)N2CCOCCOCCOCCOCC2)=C[C@@H](C(C)C)[C@@H]1CCOCCOCCO. The van der Waals surface area contributed by atoms with E-state index in [1.165, 1.54) is 0 Å². The van der Waals surface area contributed by atoms with E-state index in [9.17, 15) is 4.79 Å². The summed E-state index contributed by atoms with van der Waals surface area (Å²) in [6.07, 6.45) is 2.13. The number of ether oxygens (including phenoxy) is 8. The summed E-state index contributed by atoms with van der Waals surface area (Å²) in [5.74, 6) is 0.511. The third-order valence-electron chi connectivity index (χ3n) is 6.36. The molecule has 38 heavy (non-hydrogen) atoms. The molecule has 2 aliphatic heterocycles. The molecule has 0 aromatic carbocycles. The van der Waals surface area contributed by atoms with Crippen LogP contribution < -0.4 is 0 Å². The Hall–Kier alpha value is -1.31. The molecule has 1 fully saturated rings. The molecule has 222 valence electrons. The van der Waals surface area contributed by atoms with E-state index in [-0.39, 0.29) is 30.3 Å². The van der Waals surface area contributed by atoms with E-state index < -0.39 is 6.29 Å². The Morgan fingerprint density at radius 1 is 0.921 bits per heavy atom. The van der Waals surface area contributed by atoms with Gasteiger partial charge in [-0.1, -0.05) is 13.8 Å². The van der Waals surface area contributed by atoms with Gasteiger partial charge in [0.05, 0.1) is 79.3 Å². The van der Waals surface area contributed by atoms with Crippen LogP contribution in [0.3, 0.4) is 0 Å². The van der Waals surface area contributed by atoms with E-state index in [0.29, 0.717) is 105 Å². The summed E-state index contributed by atoms with van der Waals surface area (Å²) in [4.78, 5) is 15.3. The lowest BCUT2D eigenvalue weighted by atomic mass is 9.79. The third kappa shape index (κ3) is 12.7. The summed E-state index contributed by atoms with van der Waals surface area (Å²) in [6, 6.07) is 0. The van der Waals surface area contributed by atoms with Crippen molar-refractivity contribution in [1.29, 1.82) is 0 Å². The Labute approximate surface area is 227 Å². The normalized spacial score (nSPS) is 24.8. The van der Waals surface area contributed by atoms with Crippen LogP contribution in [0.5, 0.6) is 0 Å². The second-order valence-corrected chi connectivity index (χ2v) is 9.44. The van der Waals surface area contributed by atoms with Gasteiger partial charge in [-0.15, -0.1) is 0 Å². The van der Waals surface area contributed by atoms with Crippen LogP contribution in [-0.4, -0.2) is 128 Å². The molecule has 0 aliphatic carbocycles. The Morgan fingerprint density at radius 3 is 2.00 bits per heavy atom. The molecule has 0 aromatic rings. The highest BCUT2D eigenvalue weighted by molar-refractivity contribution is 5.91. The number of amides is 1. The number of rotatable bonds is 12. The smallest absolute Gasteiger partial charge is 0.288 e. The standard InChI is InChI=1S/C27H49NO10/c1-4-37-27-23(5-9-31-13-16-34-12-8-29)24(22(2)3)21-25(38-27)26(30)28-6-10-32-14-17-35-19-20-36-18-15-33-11-7-28/h21-24,27,29H,4-20H2,1-3H3/t23-,24-,27-/m0/s1. The molecule has 2 heterocycles. The van der Waals surface area contributed by atoms with Gasteiger partial charge in [0, 0.05) is 32.2 Å². The van der Waals surface area contributed by atoms with Gasteiger partial charge in [-0.2, -0.15) is 0 Å². The minimum atomic E-state index is -0.546. The number of aliphatic hydroxyl groups is 1. The highest BCUT2D eigenvalue weighted by Gasteiger charge is 2.39. The maximum atomic E-state index is 13.6. The molecule has 2 aliphatic rings. The zero-order valence-electron chi connectivity index (χ0n) is 23.5. The lowest BCUT2D eigenvalue weighted by Crippen LogP contribution is -2.44. The molecule has 0 aromatic heterocycles. The van der Waals surface area contributed by atoms with Crippen molar-refractivity contribution in [2.45, 2.75) is 33.5 Å². The van der Waals surface area contributed by atoms with Gasteiger partial charge in [0.25, 0.3) is 5.91 Å². The molecule has 1 saturated heterocycles. The van der Waals surface area contributed by atoms with Crippen molar-refractivity contribution in [3.63, 3.8) is 0 Å². The quantitative estimate of drug-likeness (QED) is 0.360. The number of nitrogens with zero attached hydrogens (tertiary/aromatic N) is 1. The van der Waals surface area contributed by atoms with Gasteiger partial charge in [0.1, 0.15) is 0 Å². The second-order valence-electron chi connectivity index (χ2n) is 9.44. The predicted molar refractivity (Wildman–Crippen MR) is 140 cm³/mol. The van der Waals surface area contributed by atoms with Crippen LogP contribution in [0.25, 0.3) is 0 Å². The zero-order valence-corrected chi connectivity index (χ0v) is 23.5. The van der Waals surface area contributed by atoms with Crippen LogP contribution in [0.1, 0.15) is 27.2 Å². The monoisotopic (exact) mass is 547 g/mol. The maximum absolute atomic E-state index is 13.6. The minimum absolute atomic E-state index is 0.000301. The molecular formula is C27H49NO10. The predicted octanol–water partition coefficient (Wildman–Crippen LogP) is 1.48. The van der Waals surface area contributed by atoms with Gasteiger partial charge in [0.15, 0.2) is 5.76 Å². The highest BCUT2D eigenvalue weighted by Crippen LogP contribution is 2.36. The van der Waals surface area contributed by atoms with Gasteiger partial charge in [-0.3, -0.25) is 4.79 Å². The van der Waals surface area contributed by atoms with Crippen molar-refractivity contribution in [3.05, 3.63) is 11.8 Å². The number of allylic oxidation sites excluding steroid dienone is 1. The van der Waals surface area contributed by atoms with Crippen LogP contribution in [0, 0.1) is 17.8 Å². The van der Waals surface area contributed by atoms with Crippen molar-refractivity contribution >= 4 is 5.91 Å². The summed E-state index contributed by atoms with van der Waals surface area (Å²) in [5.41, 5.74) is 0. The number of carbonyl (C=O) groups excluding carboxylic acids is 1. The first-order valence-corrected chi connectivity index (χ1v) is 13.9. The average Bonchev–Trinajstić information content (AvgIpc) is 2.92. The first kappa shape index (κ1) is 32.9. The second kappa shape index (κ2) is 20.6. The van der Waals surface area contributed by atoms with Gasteiger partial charge >= 0.3 is 0 Å². The molecule has 2 rings (SSSR count). The molecule has 0 bridgehead atoms. The minimum Gasteiger partial charge on any atom is -0.459 e. The third-order valence-corrected chi connectivity index (χ3v) is 6.36. The number of hydrogen-bond acceptors (Lipinski definition) is 10. The Bertz CT molecular complexity index is 631. The van der Waals surface area contributed by atoms with E-state index in [1.54, 1.807) is 4.90 Å². The summed E-state index contributed by atoms with van der Waals surface area (Å²) < 4.78 is 45.5. The summed E-state index contributed by atoms with van der Waals surface area (Å²) >= 11 is 0. The van der Waals surface area contributed by atoms with Crippen molar-refractivity contribution in [3.8, 4) is 0 Å². The largest absolute Gasteiger partial charge is 0.459 e. The van der Waals surface area contributed by atoms with E-state index in [4.69, 9.17) is 43.0 Å². The Balaban J connectivity index is 2.04. The van der Waals surface area contributed by atoms with Crippen molar-refractivity contribution in [2.75, 3.05) is 106 Å². The van der Waals surface area contributed by atoms with E-state index in [1.807, 2.05) is 13.0 Å². The fraction of sp³-hybridized carbons (Fsp3) is 0.889. The average molecular weight is 548 g/mol. The molecule has 11 heteroatoms. The number of aliphatic hydroxyl groups excluding tert-OH is 1. The van der Waals surface area contributed by atoms with Gasteiger partial charge in [-0.25, -0.2) is 0 Å². The molecule has 3 atom stereocenters. The van der Waals surface area contributed by atoms with Crippen LogP contribution in [0.4, 0.5) is 0 Å². The topological polar surface area (TPSA) is 114 Å². The lowest BCUT2D eigenvalue weighted by Gasteiger charge is -2.39. The van der Waals surface area contributed by atoms with Crippen molar-refractivity contribution in [2.24, 2.45) is 17.8 Å². The van der Waals surface area contributed by atoms with Crippen LogP contribution in [0.2, 0.25) is 0 Å². The van der Waals surface area contributed by atoms with Crippen LogP contribution >= 0.6 is 0 Å². The molecule has 1 N–H and O–H groups in total. The molecule has 1 amide bonds. The summed E-state index contributed by atoms with van der Waals surface area (Å²) in [6.45, 7) is 12.9. The molecular weight excluding hydrogens is 498 g/mol. The fourth-order valence-corrected chi connectivity index (χ4v) is 4.38. The highest BCUT2D eigenvalue weighted by atomic mass is 16.7. The van der Waals surface area contributed by atoms with Crippen LogP contribution in [-0.2, 0) is 42.7 Å². The Kier molecular flexibility index (Phi) is 17.8. The number of carbonyl (C=O) groups is 1. The van der Waals surface area contributed by atoms with Gasteiger partial charge < -0.3 is 47.9 Å². The fourth-order valence-electron chi connectivity index (χ4n) is 4.38. The zero-order chi connectivity index (χ0) is 27.4. The van der Waals surface area contributed by atoms with Gasteiger partial charge in [-0.05, 0) is 31.3 Å².